The standard InChI is InChI=1S/C19H32BrN5O/c1-14(2)24-7-3-15(4-8-24)12-22-13-16(11-21)25-18-6-10-26-9-5-17(18)19(20)23-25/h11,13-15,19,23H,3-10,12,21H2,1-2H3. The van der Waals surface area contributed by atoms with Crippen molar-refractivity contribution in [3.63, 3.8) is 0 Å². The topological polar surface area (TPSA) is 66.1 Å². The summed E-state index contributed by atoms with van der Waals surface area (Å²) >= 11 is 3.72. The molecule has 0 spiro atoms. The SMILES string of the molecule is CC(C)N1CCC(CN=CC(=CN)N2NC(Br)C3=C2CCOCC3)CC1. The first-order chi connectivity index (χ1) is 12.6. The van der Waals surface area contributed by atoms with Gasteiger partial charge >= 0.3 is 0 Å². The van der Waals surface area contributed by atoms with Crippen LogP contribution in [0.15, 0.2) is 28.2 Å². The molecule has 0 amide bonds. The number of nitrogens with two attached hydrogens (primary N) is 1. The van der Waals surface area contributed by atoms with E-state index in [4.69, 9.17) is 15.5 Å². The van der Waals surface area contributed by atoms with Crippen molar-refractivity contribution < 1.29 is 4.74 Å². The zero-order valence-corrected chi connectivity index (χ0v) is 17.5. The van der Waals surface area contributed by atoms with Crippen LogP contribution >= 0.6 is 15.9 Å². The van der Waals surface area contributed by atoms with E-state index in [9.17, 15) is 0 Å². The number of nitrogens with zero attached hydrogens (tertiary/aromatic N) is 3. The molecule has 0 saturated carbocycles. The average molecular weight is 426 g/mol. The molecule has 3 heterocycles. The molecule has 0 aliphatic carbocycles. The van der Waals surface area contributed by atoms with Gasteiger partial charge in [0, 0.05) is 37.1 Å². The predicted molar refractivity (Wildman–Crippen MR) is 110 cm³/mol. The smallest absolute Gasteiger partial charge is 0.105 e. The Morgan fingerprint density at radius 3 is 2.77 bits per heavy atom. The van der Waals surface area contributed by atoms with Crippen LogP contribution < -0.4 is 11.2 Å². The van der Waals surface area contributed by atoms with Gasteiger partial charge in [-0.05, 0) is 57.7 Å². The highest BCUT2D eigenvalue weighted by molar-refractivity contribution is 9.09. The first-order valence-electron chi connectivity index (χ1n) is 9.76. The third kappa shape index (κ3) is 4.68. The van der Waals surface area contributed by atoms with Gasteiger partial charge in [0.1, 0.15) is 4.95 Å². The monoisotopic (exact) mass is 425 g/mol. The molecule has 1 atom stereocenters. The summed E-state index contributed by atoms with van der Waals surface area (Å²) in [5.74, 6) is 0.678. The van der Waals surface area contributed by atoms with Crippen LogP contribution in [0, 0.1) is 5.92 Å². The minimum Gasteiger partial charge on any atom is -0.403 e. The first-order valence-corrected chi connectivity index (χ1v) is 10.7. The second-order valence-corrected chi connectivity index (χ2v) is 8.49. The number of hydrogen-bond donors (Lipinski definition) is 2. The van der Waals surface area contributed by atoms with E-state index in [1.54, 1.807) is 6.20 Å². The molecule has 0 bridgehead atoms. The summed E-state index contributed by atoms with van der Waals surface area (Å²) in [6.45, 7) is 9.33. The van der Waals surface area contributed by atoms with E-state index in [1.807, 2.05) is 6.21 Å². The number of alkyl halides is 1. The lowest BCUT2D eigenvalue weighted by molar-refractivity contribution is 0.139. The number of ether oxygens (including phenoxy) is 1. The summed E-state index contributed by atoms with van der Waals surface area (Å²) < 4.78 is 5.62. The van der Waals surface area contributed by atoms with E-state index in [2.05, 4.69) is 45.1 Å². The van der Waals surface area contributed by atoms with Gasteiger partial charge < -0.3 is 15.4 Å². The van der Waals surface area contributed by atoms with Gasteiger partial charge in [-0.2, -0.15) is 0 Å². The molecule has 3 aliphatic rings. The van der Waals surface area contributed by atoms with Crippen LogP contribution in [0.2, 0.25) is 0 Å². The van der Waals surface area contributed by atoms with Crippen molar-refractivity contribution in [2.45, 2.75) is 50.5 Å². The molecule has 3 rings (SSSR count). The van der Waals surface area contributed by atoms with E-state index in [-0.39, 0.29) is 4.95 Å². The first kappa shape index (κ1) is 19.9. The van der Waals surface area contributed by atoms with Gasteiger partial charge in [-0.1, -0.05) is 15.9 Å². The van der Waals surface area contributed by atoms with Crippen LogP contribution in [0.25, 0.3) is 0 Å². The van der Waals surface area contributed by atoms with E-state index < -0.39 is 0 Å². The number of rotatable bonds is 5. The fourth-order valence-electron chi connectivity index (χ4n) is 3.91. The van der Waals surface area contributed by atoms with Crippen LogP contribution in [0.5, 0.6) is 0 Å². The molecule has 26 heavy (non-hydrogen) atoms. The lowest BCUT2D eigenvalue weighted by Gasteiger charge is -2.34. The lowest BCUT2D eigenvalue weighted by atomic mass is 9.96. The van der Waals surface area contributed by atoms with Gasteiger partial charge in [-0.15, -0.1) is 0 Å². The van der Waals surface area contributed by atoms with Crippen molar-refractivity contribution in [1.82, 2.24) is 15.3 Å². The molecule has 146 valence electrons. The second kappa shape index (κ2) is 9.35. The predicted octanol–water partition coefficient (Wildman–Crippen LogP) is 2.58. The molecule has 0 aromatic carbocycles. The normalized spacial score (nSPS) is 26.8. The summed E-state index contributed by atoms with van der Waals surface area (Å²) in [6.07, 6.45) is 7.86. The highest BCUT2D eigenvalue weighted by atomic mass is 79.9. The Hall–Kier alpha value is -0.890. The molecule has 6 nitrogen and oxygen atoms in total. The maximum Gasteiger partial charge on any atom is 0.105 e. The number of halogens is 1. The number of piperidine rings is 1. The molecule has 1 fully saturated rings. The number of aliphatic imine (C=N–C) groups is 1. The second-order valence-electron chi connectivity index (χ2n) is 7.57. The Morgan fingerprint density at radius 2 is 2.08 bits per heavy atom. The van der Waals surface area contributed by atoms with Crippen LogP contribution in [0.1, 0.15) is 39.5 Å². The summed E-state index contributed by atoms with van der Waals surface area (Å²) in [5.41, 5.74) is 12.9. The summed E-state index contributed by atoms with van der Waals surface area (Å²) in [7, 11) is 0. The molecule has 0 aromatic heterocycles. The van der Waals surface area contributed by atoms with Gasteiger partial charge in [0.2, 0.25) is 0 Å². The Balaban J connectivity index is 1.57. The molecule has 0 aromatic rings. The van der Waals surface area contributed by atoms with Crippen molar-refractivity contribution in [3.05, 3.63) is 23.2 Å². The minimum absolute atomic E-state index is 0.142. The van der Waals surface area contributed by atoms with Crippen LogP contribution in [-0.2, 0) is 4.74 Å². The van der Waals surface area contributed by atoms with Gasteiger partial charge in [0.05, 0.1) is 18.9 Å². The number of allylic oxidation sites excluding steroid dienone is 1. The zero-order valence-electron chi connectivity index (χ0n) is 16.0. The minimum atomic E-state index is 0.142. The molecular formula is C19H32BrN5O. The fourth-order valence-corrected chi connectivity index (χ4v) is 4.61. The number of hydrazine groups is 1. The van der Waals surface area contributed by atoms with E-state index in [0.717, 1.165) is 38.3 Å². The van der Waals surface area contributed by atoms with E-state index in [1.165, 1.54) is 37.2 Å². The maximum atomic E-state index is 5.92. The summed E-state index contributed by atoms with van der Waals surface area (Å²) in [4.78, 5) is 7.42. The Labute approximate surface area is 165 Å². The van der Waals surface area contributed by atoms with Crippen molar-refractivity contribution in [2.75, 3.05) is 32.8 Å². The van der Waals surface area contributed by atoms with Crippen molar-refractivity contribution >= 4 is 22.1 Å². The Morgan fingerprint density at radius 1 is 1.35 bits per heavy atom. The van der Waals surface area contributed by atoms with Gasteiger partial charge in [-0.25, -0.2) is 5.43 Å². The number of nitrogens with one attached hydrogen (secondary N) is 1. The number of likely N-dealkylation sites (tertiary alicyclic amines) is 1. The van der Waals surface area contributed by atoms with Crippen LogP contribution in [0.3, 0.4) is 0 Å². The van der Waals surface area contributed by atoms with E-state index in [0.29, 0.717) is 12.0 Å². The summed E-state index contributed by atoms with van der Waals surface area (Å²) in [5, 5.41) is 2.08. The largest absolute Gasteiger partial charge is 0.403 e. The molecule has 1 unspecified atom stereocenters. The molecule has 0 radical (unpaired) electrons. The lowest BCUT2D eigenvalue weighted by Crippen LogP contribution is -2.39. The molecule has 1 saturated heterocycles. The van der Waals surface area contributed by atoms with Gasteiger partial charge in [0.15, 0.2) is 0 Å². The quantitative estimate of drug-likeness (QED) is 0.402. The molecular weight excluding hydrogens is 394 g/mol. The third-order valence-corrected chi connectivity index (χ3v) is 6.34. The van der Waals surface area contributed by atoms with E-state index >= 15 is 0 Å². The number of hydrogen-bond acceptors (Lipinski definition) is 6. The fraction of sp³-hybridized carbons (Fsp3) is 0.737. The molecule has 3 N–H and O–H groups in total. The van der Waals surface area contributed by atoms with Crippen molar-refractivity contribution in [3.8, 4) is 0 Å². The highest BCUT2D eigenvalue weighted by Gasteiger charge is 2.31. The van der Waals surface area contributed by atoms with Gasteiger partial charge in [-0.3, -0.25) is 10.0 Å². The Bertz CT molecular complexity index is 566. The summed E-state index contributed by atoms with van der Waals surface area (Å²) in [6, 6.07) is 0.649. The van der Waals surface area contributed by atoms with Gasteiger partial charge in [0.25, 0.3) is 0 Å². The average Bonchev–Trinajstić information content (AvgIpc) is 2.82. The Kier molecular flexibility index (Phi) is 7.14. The third-order valence-electron chi connectivity index (χ3n) is 5.58. The molecule has 7 heteroatoms. The van der Waals surface area contributed by atoms with Crippen LogP contribution in [-0.4, -0.2) is 60.0 Å². The maximum absolute atomic E-state index is 5.92. The highest BCUT2D eigenvalue weighted by Crippen LogP contribution is 2.32. The molecule has 3 aliphatic heterocycles. The van der Waals surface area contributed by atoms with Crippen molar-refractivity contribution in [1.29, 1.82) is 0 Å². The van der Waals surface area contributed by atoms with Crippen molar-refractivity contribution in [2.24, 2.45) is 16.6 Å². The zero-order chi connectivity index (χ0) is 18.5. The van der Waals surface area contributed by atoms with Crippen LogP contribution in [0.4, 0.5) is 0 Å².